The Kier molecular flexibility index (Phi) is 41.2. The number of hydrogen-bond acceptors (Lipinski definition) is 5. The van der Waals surface area contributed by atoms with Crippen LogP contribution in [0.5, 0.6) is 0 Å². The molecule has 0 radical (unpaired) electrons. The Morgan fingerprint density at radius 1 is 0.567 bits per heavy atom. The molecular formula is C51H96N2O6P+. The molecule has 1 amide bonds. The molecule has 0 aromatic rings. The van der Waals surface area contributed by atoms with Gasteiger partial charge in [0.1, 0.15) is 13.2 Å². The summed E-state index contributed by atoms with van der Waals surface area (Å²) in [6.45, 7) is 4.74. The Balaban J connectivity index is 4.43. The maximum atomic E-state index is 12.9. The average molecular weight is 864 g/mol. The van der Waals surface area contributed by atoms with Crippen molar-refractivity contribution >= 4 is 13.7 Å². The van der Waals surface area contributed by atoms with E-state index in [1.165, 1.54) is 116 Å². The number of phosphoric acid groups is 1. The Morgan fingerprint density at radius 3 is 1.47 bits per heavy atom. The molecule has 350 valence electrons. The summed E-state index contributed by atoms with van der Waals surface area (Å²) in [6.07, 6.45) is 55.9. The first-order valence-corrected chi connectivity index (χ1v) is 26.2. The van der Waals surface area contributed by atoms with Gasteiger partial charge in [0.2, 0.25) is 5.91 Å². The van der Waals surface area contributed by atoms with Gasteiger partial charge < -0.3 is 19.8 Å². The summed E-state index contributed by atoms with van der Waals surface area (Å²) in [5.41, 5.74) is 0. The summed E-state index contributed by atoms with van der Waals surface area (Å²) in [6, 6.07) is -0.878. The summed E-state index contributed by atoms with van der Waals surface area (Å²) >= 11 is 0. The lowest BCUT2D eigenvalue weighted by Crippen LogP contribution is -2.45. The van der Waals surface area contributed by atoms with E-state index in [2.05, 4.69) is 67.8 Å². The number of aliphatic hydroxyl groups is 1. The third-order valence-corrected chi connectivity index (χ3v) is 11.7. The zero-order chi connectivity index (χ0) is 44.3. The van der Waals surface area contributed by atoms with E-state index in [1.54, 1.807) is 6.08 Å². The van der Waals surface area contributed by atoms with Crippen molar-refractivity contribution in [2.45, 2.75) is 219 Å². The van der Waals surface area contributed by atoms with Gasteiger partial charge in [-0.25, -0.2) is 4.57 Å². The van der Waals surface area contributed by atoms with E-state index in [9.17, 15) is 19.4 Å². The van der Waals surface area contributed by atoms with Crippen LogP contribution >= 0.6 is 7.82 Å². The van der Waals surface area contributed by atoms with Crippen LogP contribution in [-0.4, -0.2) is 73.4 Å². The number of likely N-dealkylation sites (N-methyl/N-ethyl adjacent to an activating group) is 1. The number of quaternary nitrogens is 1. The van der Waals surface area contributed by atoms with Crippen LogP contribution in [-0.2, 0) is 18.4 Å². The number of unbranched alkanes of at least 4 members (excludes halogenated alkanes) is 23. The van der Waals surface area contributed by atoms with Crippen molar-refractivity contribution in [3.8, 4) is 0 Å². The molecule has 3 unspecified atom stereocenters. The molecule has 0 rings (SSSR count). The van der Waals surface area contributed by atoms with E-state index in [4.69, 9.17) is 9.05 Å². The van der Waals surface area contributed by atoms with Gasteiger partial charge in [-0.3, -0.25) is 13.8 Å². The van der Waals surface area contributed by atoms with Crippen molar-refractivity contribution in [2.75, 3.05) is 40.9 Å². The molecule has 3 N–H and O–H groups in total. The fourth-order valence-corrected chi connectivity index (χ4v) is 7.49. The van der Waals surface area contributed by atoms with Gasteiger partial charge in [-0.1, -0.05) is 184 Å². The first kappa shape index (κ1) is 58.2. The third kappa shape index (κ3) is 44.3. The Morgan fingerprint density at radius 2 is 0.967 bits per heavy atom. The fourth-order valence-electron chi connectivity index (χ4n) is 6.75. The van der Waals surface area contributed by atoms with Gasteiger partial charge >= 0.3 is 7.82 Å². The number of carbonyl (C=O) groups is 1. The minimum Gasteiger partial charge on any atom is -0.387 e. The maximum absolute atomic E-state index is 12.9. The van der Waals surface area contributed by atoms with Gasteiger partial charge in [0, 0.05) is 6.42 Å². The van der Waals surface area contributed by atoms with Crippen LogP contribution in [0.1, 0.15) is 206 Å². The molecule has 60 heavy (non-hydrogen) atoms. The zero-order valence-electron chi connectivity index (χ0n) is 39.7. The monoisotopic (exact) mass is 864 g/mol. The van der Waals surface area contributed by atoms with E-state index in [0.717, 1.165) is 70.6 Å². The Bertz CT molecular complexity index is 1160. The molecule has 8 nitrogen and oxygen atoms in total. The number of carbonyl (C=O) groups excluding carboxylic acids is 1. The molecule has 9 heteroatoms. The van der Waals surface area contributed by atoms with Crippen molar-refractivity contribution in [3.63, 3.8) is 0 Å². The lowest BCUT2D eigenvalue weighted by Gasteiger charge is -2.25. The van der Waals surface area contributed by atoms with Gasteiger partial charge in [-0.05, 0) is 77.0 Å². The summed E-state index contributed by atoms with van der Waals surface area (Å²) in [7, 11) is 1.53. The van der Waals surface area contributed by atoms with Crippen molar-refractivity contribution in [1.29, 1.82) is 0 Å². The standard InChI is InChI=1S/C51H95N2O6P/c1-6-8-10-12-14-16-18-20-22-23-24-25-26-27-28-29-31-32-34-36-38-40-42-44-50(54)49(48-59-60(56,57)58-47-46-53(3,4)5)52-51(55)45-43-41-39-37-35-33-30-21-19-17-15-13-11-9-7-2/h15,17,21,28-30,34,36,42,44,49-50,54H,6-14,16,18-20,22-27,31-33,35,37-41,43,45-48H2,1-5H3,(H-,52,55,56,57)/p+1/b17-15-,29-28+,30-21-,36-34+,44-42+. The van der Waals surface area contributed by atoms with Crippen LogP contribution in [0.2, 0.25) is 0 Å². The highest BCUT2D eigenvalue weighted by Gasteiger charge is 2.27. The fraction of sp³-hybridized carbons (Fsp3) is 0.784. The molecule has 0 saturated heterocycles. The molecule has 0 aliphatic heterocycles. The summed E-state index contributed by atoms with van der Waals surface area (Å²) in [5, 5.41) is 13.8. The summed E-state index contributed by atoms with van der Waals surface area (Å²) in [5.74, 6) is -0.207. The highest BCUT2D eigenvalue weighted by molar-refractivity contribution is 7.47. The Labute approximate surface area is 371 Å². The minimum absolute atomic E-state index is 0.0485. The third-order valence-electron chi connectivity index (χ3n) is 10.7. The lowest BCUT2D eigenvalue weighted by molar-refractivity contribution is -0.870. The van der Waals surface area contributed by atoms with E-state index in [-0.39, 0.29) is 19.1 Å². The average Bonchev–Trinajstić information content (AvgIpc) is 3.20. The van der Waals surface area contributed by atoms with Crippen LogP contribution in [0.25, 0.3) is 0 Å². The van der Waals surface area contributed by atoms with Gasteiger partial charge in [0.05, 0.1) is 39.9 Å². The maximum Gasteiger partial charge on any atom is 0.472 e. The van der Waals surface area contributed by atoms with Crippen molar-refractivity contribution < 1.29 is 32.9 Å². The van der Waals surface area contributed by atoms with Gasteiger partial charge in [-0.15, -0.1) is 0 Å². The SMILES string of the molecule is CCCCC/C=C\C/C=C\CCCCCCCC(=O)NC(COP(=O)(O)OCC[N+](C)(C)C)C(O)/C=C/CC/C=C/CC/C=C/CCCCCCCCCCCCCCC. The van der Waals surface area contributed by atoms with Crippen LogP contribution in [0, 0.1) is 0 Å². The van der Waals surface area contributed by atoms with E-state index >= 15 is 0 Å². The molecule has 0 saturated carbocycles. The zero-order valence-corrected chi connectivity index (χ0v) is 40.6. The quantitative estimate of drug-likeness (QED) is 0.0244. The predicted octanol–water partition coefficient (Wildman–Crippen LogP) is 14.2. The molecule has 3 atom stereocenters. The van der Waals surface area contributed by atoms with Gasteiger partial charge in [-0.2, -0.15) is 0 Å². The molecule has 0 heterocycles. The van der Waals surface area contributed by atoms with E-state index in [1.807, 2.05) is 27.2 Å². The van der Waals surface area contributed by atoms with Gasteiger partial charge in [0.15, 0.2) is 0 Å². The first-order valence-electron chi connectivity index (χ1n) is 24.7. The normalized spacial score (nSPS) is 14.7. The van der Waals surface area contributed by atoms with Crippen LogP contribution < -0.4 is 5.32 Å². The van der Waals surface area contributed by atoms with Crippen molar-refractivity contribution in [2.24, 2.45) is 0 Å². The number of nitrogens with zero attached hydrogens (tertiary/aromatic N) is 1. The number of phosphoric ester groups is 1. The molecular weight excluding hydrogens is 768 g/mol. The van der Waals surface area contributed by atoms with Crippen molar-refractivity contribution in [1.82, 2.24) is 5.32 Å². The highest BCUT2D eigenvalue weighted by atomic mass is 31.2. The lowest BCUT2D eigenvalue weighted by atomic mass is 10.0. The first-order chi connectivity index (χ1) is 29.0. The summed E-state index contributed by atoms with van der Waals surface area (Å²) < 4.78 is 23.6. The summed E-state index contributed by atoms with van der Waals surface area (Å²) in [4.78, 5) is 23.1. The molecule has 0 fully saturated rings. The van der Waals surface area contributed by atoms with E-state index in [0.29, 0.717) is 17.4 Å². The number of hydrogen-bond donors (Lipinski definition) is 3. The number of allylic oxidation sites excluding steroid dienone is 9. The van der Waals surface area contributed by atoms with E-state index < -0.39 is 20.0 Å². The van der Waals surface area contributed by atoms with Crippen molar-refractivity contribution in [3.05, 3.63) is 60.8 Å². The number of aliphatic hydroxyl groups excluding tert-OH is 1. The van der Waals surface area contributed by atoms with Gasteiger partial charge in [0.25, 0.3) is 0 Å². The predicted molar refractivity (Wildman–Crippen MR) is 258 cm³/mol. The number of rotatable bonds is 44. The molecule has 0 spiro atoms. The number of amides is 1. The highest BCUT2D eigenvalue weighted by Crippen LogP contribution is 2.43. The molecule has 0 aliphatic carbocycles. The second-order valence-electron chi connectivity index (χ2n) is 17.8. The minimum atomic E-state index is -4.36. The van der Waals surface area contributed by atoms with Crippen LogP contribution in [0.3, 0.4) is 0 Å². The van der Waals surface area contributed by atoms with Crippen LogP contribution in [0.4, 0.5) is 0 Å². The number of nitrogens with one attached hydrogen (secondary N) is 1. The topological polar surface area (TPSA) is 105 Å². The second kappa shape index (κ2) is 42.5. The smallest absolute Gasteiger partial charge is 0.387 e. The largest absolute Gasteiger partial charge is 0.472 e. The Hall–Kier alpha value is -1.80. The molecule has 0 aromatic carbocycles. The second-order valence-corrected chi connectivity index (χ2v) is 19.3. The molecule has 0 aromatic heterocycles. The molecule has 0 bridgehead atoms. The molecule has 0 aliphatic rings. The van der Waals surface area contributed by atoms with Crippen LogP contribution in [0.15, 0.2) is 60.8 Å².